The van der Waals surface area contributed by atoms with Crippen LogP contribution in [0, 0.1) is 0 Å². The summed E-state index contributed by atoms with van der Waals surface area (Å²) in [6.07, 6.45) is 1.64. The van der Waals surface area contributed by atoms with Crippen molar-refractivity contribution < 1.29 is 23.1 Å². The molecule has 214 valence electrons. The quantitative estimate of drug-likeness (QED) is 0.275. The van der Waals surface area contributed by atoms with Gasteiger partial charge < -0.3 is 19.7 Å². The summed E-state index contributed by atoms with van der Waals surface area (Å²) in [7, 11) is -2.15. The van der Waals surface area contributed by atoms with Crippen LogP contribution in [-0.2, 0) is 14.8 Å². The highest BCUT2D eigenvalue weighted by molar-refractivity contribution is 7.89. The van der Waals surface area contributed by atoms with E-state index in [1.807, 2.05) is 37.3 Å². The van der Waals surface area contributed by atoms with Crippen molar-refractivity contribution >= 4 is 38.2 Å². The average Bonchev–Trinajstić information content (AvgIpc) is 3.34. The predicted molar refractivity (Wildman–Crippen MR) is 160 cm³/mol. The number of aromatic nitrogens is 1. The van der Waals surface area contributed by atoms with Gasteiger partial charge in [0.25, 0.3) is 5.91 Å². The van der Waals surface area contributed by atoms with Crippen LogP contribution >= 0.6 is 0 Å². The van der Waals surface area contributed by atoms with Gasteiger partial charge in [-0.05, 0) is 48.9 Å². The predicted octanol–water partition coefficient (Wildman–Crippen LogP) is 4.94. The number of aromatic hydroxyl groups is 1. The fourth-order valence-electron chi connectivity index (χ4n) is 4.86. The second-order valence-corrected chi connectivity index (χ2v) is 12.1. The topological polar surface area (TPSA) is 115 Å². The highest BCUT2D eigenvalue weighted by atomic mass is 32.2. The molecule has 1 saturated heterocycles. The van der Waals surface area contributed by atoms with Crippen molar-refractivity contribution in [2.45, 2.75) is 24.7 Å². The molecule has 0 saturated carbocycles. The third kappa shape index (κ3) is 6.04. The molecule has 10 heteroatoms. The fraction of sp³-hybridized carbons (Fsp3) is 0.290. The third-order valence-corrected chi connectivity index (χ3v) is 9.08. The monoisotopic (exact) mass is 574 g/mol. The molecule has 1 aliphatic rings. The first kappa shape index (κ1) is 28.5. The Hall–Kier alpha value is -3.99. The van der Waals surface area contributed by atoms with E-state index in [4.69, 9.17) is 9.73 Å². The lowest BCUT2D eigenvalue weighted by Gasteiger charge is -2.26. The summed E-state index contributed by atoms with van der Waals surface area (Å²) in [5, 5.41) is 11.6. The number of nitrogens with zero attached hydrogens (tertiary/aromatic N) is 3. The molecule has 0 radical (unpaired) electrons. The lowest BCUT2D eigenvalue weighted by molar-refractivity contribution is 0.0303. The Morgan fingerprint density at radius 1 is 1.02 bits per heavy atom. The van der Waals surface area contributed by atoms with Crippen LogP contribution in [0.1, 0.15) is 41.3 Å². The number of rotatable bonds is 9. The van der Waals surface area contributed by atoms with E-state index in [1.165, 1.54) is 4.31 Å². The number of aliphatic imine (C=N–C) groups is 1. The second kappa shape index (κ2) is 12.3. The summed E-state index contributed by atoms with van der Waals surface area (Å²) in [4.78, 5) is 22.7. The van der Waals surface area contributed by atoms with Gasteiger partial charge in [-0.2, -0.15) is 0 Å². The Morgan fingerprint density at radius 2 is 1.73 bits per heavy atom. The van der Waals surface area contributed by atoms with E-state index in [2.05, 4.69) is 4.98 Å². The number of fused-ring (bicyclic) bond motifs is 1. The number of ether oxygens (including phenoxy) is 1. The Balaban J connectivity index is 1.57. The van der Waals surface area contributed by atoms with Gasteiger partial charge in [-0.15, -0.1) is 0 Å². The molecule has 5 rings (SSSR count). The smallest absolute Gasteiger partial charge is 0.254 e. The number of unbranched alkanes of at least 4 members (excludes halogenated alkanes) is 1. The van der Waals surface area contributed by atoms with Crippen molar-refractivity contribution in [3.8, 4) is 5.88 Å². The number of hydrogen-bond acceptors (Lipinski definition) is 6. The Morgan fingerprint density at radius 3 is 2.41 bits per heavy atom. The number of sulfonamides is 1. The minimum absolute atomic E-state index is 0.0565. The SMILES string of the molecule is CCCCN(C)S(=O)(=O)c1ccc2[nH]c(O)c(C(=Nc3ccc(C(=O)N4CCOCC4)cc3)c3ccccc3)c2c1. The van der Waals surface area contributed by atoms with E-state index in [0.29, 0.717) is 66.3 Å². The van der Waals surface area contributed by atoms with Crippen molar-refractivity contribution in [2.24, 2.45) is 4.99 Å². The molecule has 1 aliphatic heterocycles. The van der Waals surface area contributed by atoms with Crippen molar-refractivity contribution in [1.29, 1.82) is 0 Å². The molecule has 4 aromatic rings. The van der Waals surface area contributed by atoms with E-state index < -0.39 is 10.0 Å². The van der Waals surface area contributed by atoms with E-state index in [1.54, 1.807) is 54.4 Å². The Kier molecular flexibility index (Phi) is 8.53. The van der Waals surface area contributed by atoms with Crippen LogP contribution < -0.4 is 0 Å². The molecule has 3 aromatic carbocycles. The summed E-state index contributed by atoms with van der Waals surface area (Å²) in [5.74, 6) is -0.172. The van der Waals surface area contributed by atoms with Crippen LogP contribution in [0.2, 0.25) is 0 Å². The van der Waals surface area contributed by atoms with Crippen LogP contribution in [0.4, 0.5) is 5.69 Å². The summed E-state index contributed by atoms with van der Waals surface area (Å²) in [6.45, 7) is 4.61. The molecule has 1 fully saturated rings. The first-order chi connectivity index (χ1) is 19.8. The van der Waals surface area contributed by atoms with Gasteiger partial charge in [-0.1, -0.05) is 43.7 Å². The molecule has 0 unspecified atom stereocenters. The molecule has 1 amide bonds. The van der Waals surface area contributed by atoms with Gasteiger partial charge in [0.05, 0.1) is 35.1 Å². The average molecular weight is 575 g/mol. The number of carbonyl (C=O) groups excluding carboxylic acids is 1. The molecule has 41 heavy (non-hydrogen) atoms. The van der Waals surface area contributed by atoms with E-state index >= 15 is 0 Å². The number of nitrogens with one attached hydrogen (secondary N) is 1. The van der Waals surface area contributed by atoms with Gasteiger partial charge in [-0.25, -0.2) is 17.7 Å². The van der Waals surface area contributed by atoms with Crippen LogP contribution in [0.5, 0.6) is 5.88 Å². The molecular weight excluding hydrogens is 540 g/mol. The molecule has 2 N–H and O–H groups in total. The maximum Gasteiger partial charge on any atom is 0.254 e. The third-order valence-electron chi connectivity index (χ3n) is 7.22. The lowest BCUT2D eigenvalue weighted by atomic mass is 10.0. The number of morpholine rings is 1. The first-order valence-electron chi connectivity index (χ1n) is 13.7. The molecule has 2 heterocycles. The zero-order valence-electron chi connectivity index (χ0n) is 23.2. The van der Waals surface area contributed by atoms with Crippen LogP contribution in [0.15, 0.2) is 82.7 Å². The van der Waals surface area contributed by atoms with Gasteiger partial charge in [-0.3, -0.25) is 4.79 Å². The zero-order chi connectivity index (χ0) is 29.0. The van der Waals surface area contributed by atoms with Gasteiger partial charge >= 0.3 is 0 Å². The molecule has 0 bridgehead atoms. The summed E-state index contributed by atoms with van der Waals surface area (Å²) < 4.78 is 33.3. The molecule has 9 nitrogen and oxygen atoms in total. The standard InChI is InChI=1S/C31H34N4O5S/c1-3-4-16-34(2)41(38,39)25-14-15-27-26(21-25)28(30(36)33-27)29(22-8-6-5-7-9-22)32-24-12-10-23(11-13-24)31(37)35-17-19-40-20-18-35/h5-15,21,33,36H,3-4,16-20H2,1-2H3. The summed E-state index contributed by atoms with van der Waals surface area (Å²) in [5.41, 5.74) is 3.33. The van der Waals surface area contributed by atoms with Crippen LogP contribution in [-0.4, -0.2) is 79.2 Å². The van der Waals surface area contributed by atoms with Crippen LogP contribution in [0.3, 0.4) is 0 Å². The van der Waals surface area contributed by atoms with Gasteiger partial charge in [0, 0.05) is 48.7 Å². The van der Waals surface area contributed by atoms with Gasteiger partial charge in [0.1, 0.15) is 0 Å². The maximum absolute atomic E-state index is 13.3. The molecule has 0 aliphatic carbocycles. The number of benzene rings is 3. The van der Waals surface area contributed by atoms with Crippen molar-refractivity contribution in [1.82, 2.24) is 14.2 Å². The number of carbonyl (C=O) groups is 1. The largest absolute Gasteiger partial charge is 0.494 e. The number of hydrogen-bond donors (Lipinski definition) is 2. The van der Waals surface area contributed by atoms with Gasteiger partial charge in [0.2, 0.25) is 10.0 Å². The second-order valence-electron chi connectivity index (χ2n) is 10.0. The van der Waals surface area contributed by atoms with Crippen LogP contribution in [0.25, 0.3) is 10.9 Å². The normalized spacial score (nSPS) is 14.6. The molecule has 0 spiro atoms. The van der Waals surface area contributed by atoms with E-state index in [0.717, 1.165) is 18.4 Å². The number of amides is 1. The van der Waals surface area contributed by atoms with Crippen molar-refractivity contribution in [3.63, 3.8) is 0 Å². The fourth-order valence-corrected chi connectivity index (χ4v) is 6.09. The van der Waals surface area contributed by atoms with Gasteiger partial charge in [0.15, 0.2) is 5.88 Å². The zero-order valence-corrected chi connectivity index (χ0v) is 24.0. The number of H-pyrrole nitrogens is 1. The summed E-state index contributed by atoms with van der Waals surface area (Å²) in [6, 6.07) is 21.2. The molecule has 0 atom stereocenters. The highest BCUT2D eigenvalue weighted by Gasteiger charge is 2.24. The molecule has 1 aromatic heterocycles. The Labute approximate surface area is 240 Å². The minimum atomic E-state index is -3.73. The van der Waals surface area contributed by atoms with Crippen molar-refractivity contribution in [2.75, 3.05) is 39.9 Å². The first-order valence-corrected chi connectivity index (χ1v) is 15.2. The lowest BCUT2D eigenvalue weighted by Crippen LogP contribution is -2.40. The summed E-state index contributed by atoms with van der Waals surface area (Å²) >= 11 is 0. The highest BCUT2D eigenvalue weighted by Crippen LogP contribution is 2.33. The van der Waals surface area contributed by atoms with Crippen molar-refractivity contribution in [3.05, 3.63) is 89.5 Å². The van der Waals surface area contributed by atoms with E-state index in [-0.39, 0.29) is 16.7 Å². The molecular formula is C31H34N4O5S. The maximum atomic E-state index is 13.3. The number of aromatic amines is 1. The minimum Gasteiger partial charge on any atom is -0.494 e. The van der Waals surface area contributed by atoms with E-state index in [9.17, 15) is 18.3 Å². The Bertz CT molecular complexity index is 1660.